The molecule has 0 fully saturated rings. The van der Waals surface area contributed by atoms with E-state index in [1.165, 1.54) is 17.0 Å². The van der Waals surface area contributed by atoms with Gasteiger partial charge in [-0.25, -0.2) is 8.42 Å². The summed E-state index contributed by atoms with van der Waals surface area (Å²) in [6.45, 7) is 8.82. The SMILES string of the molecule is Cc1ccc(N(CC(=O)N(Cc2ccccc2)C(C)C(=O)NC(C)C)S(=O)(=O)c2ccccc2)c(C)c1. The molecule has 0 aliphatic carbocycles. The molecule has 0 radical (unpaired) electrons. The van der Waals surface area contributed by atoms with E-state index in [1.807, 2.05) is 70.2 Å². The first kappa shape index (κ1) is 27.9. The Kier molecular flexibility index (Phi) is 9.10. The van der Waals surface area contributed by atoms with Gasteiger partial charge in [0.05, 0.1) is 10.6 Å². The largest absolute Gasteiger partial charge is 0.352 e. The van der Waals surface area contributed by atoms with Crippen LogP contribution < -0.4 is 9.62 Å². The van der Waals surface area contributed by atoms with Crippen molar-refractivity contribution >= 4 is 27.5 Å². The van der Waals surface area contributed by atoms with Crippen molar-refractivity contribution in [2.75, 3.05) is 10.8 Å². The van der Waals surface area contributed by atoms with Crippen LogP contribution in [0.25, 0.3) is 0 Å². The van der Waals surface area contributed by atoms with E-state index in [2.05, 4.69) is 5.32 Å². The van der Waals surface area contributed by atoms with Gasteiger partial charge in [-0.05, 0) is 63.9 Å². The quantitative estimate of drug-likeness (QED) is 0.427. The van der Waals surface area contributed by atoms with Crippen LogP contribution in [0.4, 0.5) is 5.69 Å². The second-order valence-corrected chi connectivity index (χ2v) is 11.3. The van der Waals surface area contributed by atoms with Crippen LogP contribution in [0.2, 0.25) is 0 Å². The third-order valence-electron chi connectivity index (χ3n) is 6.03. The number of benzene rings is 3. The Balaban J connectivity index is 2.04. The van der Waals surface area contributed by atoms with Crippen LogP contribution >= 0.6 is 0 Å². The van der Waals surface area contributed by atoms with Crippen LogP contribution in [0.15, 0.2) is 83.8 Å². The number of sulfonamides is 1. The Bertz CT molecular complexity index is 1330. The van der Waals surface area contributed by atoms with Crippen LogP contribution in [0, 0.1) is 13.8 Å². The number of hydrogen-bond acceptors (Lipinski definition) is 4. The molecule has 3 rings (SSSR count). The number of carbonyl (C=O) groups is 2. The van der Waals surface area contributed by atoms with Crippen molar-refractivity contribution in [3.63, 3.8) is 0 Å². The molecule has 0 heterocycles. The summed E-state index contributed by atoms with van der Waals surface area (Å²) in [5, 5.41) is 2.86. The van der Waals surface area contributed by atoms with Crippen LogP contribution in [-0.4, -0.2) is 43.8 Å². The first-order valence-corrected chi connectivity index (χ1v) is 13.7. The van der Waals surface area contributed by atoms with Gasteiger partial charge >= 0.3 is 0 Å². The number of carbonyl (C=O) groups excluding carboxylic acids is 2. The van der Waals surface area contributed by atoms with Crippen molar-refractivity contribution in [3.8, 4) is 0 Å². The minimum absolute atomic E-state index is 0.0861. The molecular formula is C29H35N3O4S. The molecule has 8 heteroatoms. The molecule has 0 aliphatic rings. The van der Waals surface area contributed by atoms with Crippen LogP contribution in [0.1, 0.15) is 37.5 Å². The highest BCUT2D eigenvalue weighted by Crippen LogP contribution is 2.28. The van der Waals surface area contributed by atoms with E-state index < -0.39 is 28.5 Å². The molecule has 0 spiro atoms. The number of nitrogens with zero attached hydrogens (tertiary/aromatic N) is 2. The highest BCUT2D eigenvalue weighted by molar-refractivity contribution is 7.92. The lowest BCUT2D eigenvalue weighted by atomic mass is 10.1. The van der Waals surface area contributed by atoms with Crippen LogP contribution in [0.3, 0.4) is 0 Å². The Morgan fingerprint density at radius 2 is 1.46 bits per heavy atom. The summed E-state index contributed by atoms with van der Waals surface area (Å²) in [7, 11) is -4.07. The average Bonchev–Trinajstić information content (AvgIpc) is 2.86. The third-order valence-corrected chi connectivity index (χ3v) is 7.80. The second-order valence-electron chi connectivity index (χ2n) is 9.46. The highest BCUT2D eigenvalue weighted by atomic mass is 32.2. The summed E-state index contributed by atoms with van der Waals surface area (Å²) >= 11 is 0. The van der Waals surface area contributed by atoms with Gasteiger partial charge in [0.1, 0.15) is 12.6 Å². The van der Waals surface area contributed by atoms with Gasteiger partial charge in [-0.2, -0.15) is 0 Å². The molecule has 1 atom stereocenters. The summed E-state index contributed by atoms with van der Waals surface area (Å²) in [6.07, 6.45) is 0. The number of rotatable bonds is 10. The molecule has 0 saturated carbocycles. The lowest BCUT2D eigenvalue weighted by molar-refractivity contribution is -0.139. The lowest BCUT2D eigenvalue weighted by Gasteiger charge is -2.32. The number of nitrogens with one attached hydrogen (secondary N) is 1. The molecule has 3 aromatic rings. The predicted octanol–water partition coefficient (Wildman–Crippen LogP) is 4.44. The number of amides is 2. The Morgan fingerprint density at radius 3 is 2.03 bits per heavy atom. The Labute approximate surface area is 220 Å². The van der Waals surface area contributed by atoms with E-state index in [1.54, 1.807) is 31.2 Å². The van der Waals surface area contributed by atoms with Gasteiger partial charge in [0.15, 0.2) is 0 Å². The molecule has 3 aromatic carbocycles. The van der Waals surface area contributed by atoms with Crippen molar-refractivity contribution < 1.29 is 18.0 Å². The second kappa shape index (κ2) is 12.1. The zero-order valence-electron chi connectivity index (χ0n) is 22.0. The summed E-state index contributed by atoms with van der Waals surface area (Å²) in [6, 6.07) is 21.9. The fourth-order valence-corrected chi connectivity index (χ4v) is 5.59. The average molecular weight is 522 g/mol. The predicted molar refractivity (Wildman–Crippen MR) is 147 cm³/mol. The highest BCUT2D eigenvalue weighted by Gasteiger charge is 2.33. The number of anilines is 1. The summed E-state index contributed by atoms with van der Waals surface area (Å²) in [5.41, 5.74) is 2.97. The maximum Gasteiger partial charge on any atom is 0.264 e. The smallest absolute Gasteiger partial charge is 0.264 e. The minimum atomic E-state index is -4.07. The number of hydrogen-bond donors (Lipinski definition) is 1. The van der Waals surface area contributed by atoms with Gasteiger partial charge < -0.3 is 10.2 Å². The monoisotopic (exact) mass is 521 g/mol. The van der Waals surface area contributed by atoms with Crippen molar-refractivity contribution in [2.45, 2.75) is 58.1 Å². The molecule has 0 saturated heterocycles. The molecule has 0 bridgehead atoms. The normalized spacial score (nSPS) is 12.2. The Hall–Kier alpha value is -3.65. The van der Waals surface area contributed by atoms with E-state index in [0.29, 0.717) is 5.69 Å². The fraction of sp³-hybridized carbons (Fsp3) is 0.310. The maximum absolute atomic E-state index is 13.9. The molecule has 1 N–H and O–H groups in total. The zero-order valence-corrected chi connectivity index (χ0v) is 22.8. The van der Waals surface area contributed by atoms with Crippen molar-refractivity contribution in [1.82, 2.24) is 10.2 Å². The van der Waals surface area contributed by atoms with Gasteiger partial charge in [0.2, 0.25) is 11.8 Å². The first-order chi connectivity index (χ1) is 17.5. The molecule has 7 nitrogen and oxygen atoms in total. The summed E-state index contributed by atoms with van der Waals surface area (Å²) in [4.78, 5) is 28.3. The Morgan fingerprint density at radius 1 is 0.865 bits per heavy atom. The van der Waals surface area contributed by atoms with E-state index in [4.69, 9.17) is 0 Å². The third kappa shape index (κ3) is 6.98. The van der Waals surface area contributed by atoms with Crippen LogP contribution in [0.5, 0.6) is 0 Å². The standard InChI is InChI=1S/C29H35N3O4S/c1-21(2)30-29(34)24(5)31(19-25-12-8-6-9-13-25)28(33)20-32(27-17-16-22(3)18-23(27)4)37(35,36)26-14-10-7-11-15-26/h6-18,21,24H,19-20H2,1-5H3,(H,30,34). The fourth-order valence-electron chi connectivity index (χ4n) is 4.09. The van der Waals surface area contributed by atoms with Crippen LogP contribution in [-0.2, 0) is 26.2 Å². The van der Waals surface area contributed by atoms with Gasteiger partial charge in [-0.1, -0.05) is 66.2 Å². The topological polar surface area (TPSA) is 86.8 Å². The molecular weight excluding hydrogens is 486 g/mol. The molecule has 0 aromatic heterocycles. The van der Waals surface area contributed by atoms with Gasteiger partial charge in [-0.15, -0.1) is 0 Å². The van der Waals surface area contributed by atoms with E-state index >= 15 is 0 Å². The summed E-state index contributed by atoms with van der Waals surface area (Å²) < 4.78 is 28.8. The minimum Gasteiger partial charge on any atom is -0.352 e. The molecule has 0 aliphatic heterocycles. The molecule has 1 unspecified atom stereocenters. The van der Waals surface area contributed by atoms with E-state index in [0.717, 1.165) is 21.0 Å². The zero-order chi connectivity index (χ0) is 27.2. The van der Waals surface area contributed by atoms with E-state index in [9.17, 15) is 18.0 Å². The summed E-state index contributed by atoms with van der Waals surface area (Å²) in [5.74, 6) is -0.780. The van der Waals surface area contributed by atoms with Gasteiger partial charge in [0.25, 0.3) is 10.0 Å². The first-order valence-electron chi connectivity index (χ1n) is 12.3. The lowest BCUT2D eigenvalue weighted by Crippen LogP contribution is -2.52. The van der Waals surface area contributed by atoms with Crippen molar-refractivity contribution in [2.24, 2.45) is 0 Å². The van der Waals surface area contributed by atoms with Gasteiger partial charge in [0, 0.05) is 12.6 Å². The van der Waals surface area contributed by atoms with E-state index in [-0.39, 0.29) is 23.4 Å². The molecule has 37 heavy (non-hydrogen) atoms. The maximum atomic E-state index is 13.9. The molecule has 2 amide bonds. The van der Waals surface area contributed by atoms with Crippen molar-refractivity contribution in [1.29, 1.82) is 0 Å². The van der Waals surface area contributed by atoms with Gasteiger partial charge in [-0.3, -0.25) is 13.9 Å². The number of aryl methyl sites for hydroxylation is 2. The van der Waals surface area contributed by atoms with Crippen molar-refractivity contribution in [3.05, 3.63) is 95.6 Å². The molecule has 196 valence electrons.